The number of hydrogen-bond acceptors (Lipinski definition) is 2. The molecule has 0 saturated carbocycles. The van der Waals surface area contributed by atoms with Crippen molar-refractivity contribution in [3.05, 3.63) is 29.6 Å². The second-order valence-corrected chi connectivity index (χ2v) is 6.41. The van der Waals surface area contributed by atoms with Crippen LogP contribution in [0.25, 0.3) is 0 Å². The number of unbranched alkanes of at least 4 members (excludes halogenated alkanes) is 5. The molecule has 1 N–H and O–H groups in total. The van der Waals surface area contributed by atoms with E-state index < -0.39 is 0 Å². The molecular formula is C19H32N2. The maximum Gasteiger partial charge on any atom is 0.0482 e. The number of pyridine rings is 1. The first-order chi connectivity index (χ1) is 10.4. The molecule has 2 heteroatoms. The Morgan fingerprint density at radius 3 is 2.81 bits per heavy atom. The van der Waals surface area contributed by atoms with Gasteiger partial charge in [0.05, 0.1) is 0 Å². The lowest BCUT2D eigenvalue weighted by Gasteiger charge is -2.24. The summed E-state index contributed by atoms with van der Waals surface area (Å²) in [5, 5.41) is 3.73. The van der Waals surface area contributed by atoms with Gasteiger partial charge in [0.25, 0.3) is 0 Å². The largest absolute Gasteiger partial charge is 0.314 e. The van der Waals surface area contributed by atoms with Crippen LogP contribution in [0, 0.1) is 0 Å². The lowest BCUT2D eigenvalue weighted by atomic mass is 9.92. The molecule has 118 valence electrons. The van der Waals surface area contributed by atoms with Crippen molar-refractivity contribution in [2.45, 2.75) is 83.6 Å². The van der Waals surface area contributed by atoms with E-state index in [2.05, 4.69) is 36.3 Å². The molecule has 0 fully saturated rings. The molecule has 0 bridgehead atoms. The highest BCUT2D eigenvalue weighted by Crippen LogP contribution is 2.35. The van der Waals surface area contributed by atoms with E-state index in [0.717, 1.165) is 6.54 Å². The van der Waals surface area contributed by atoms with Crippen molar-refractivity contribution in [1.82, 2.24) is 10.3 Å². The van der Waals surface area contributed by atoms with Crippen molar-refractivity contribution < 1.29 is 0 Å². The first kappa shape index (κ1) is 16.5. The van der Waals surface area contributed by atoms with Crippen LogP contribution in [0.3, 0.4) is 0 Å². The summed E-state index contributed by atoms with van der Waals surface area (Å²) < 4.78 is 0. The molecule has 0 aromatic carbocycles. The van der Waals surface area contributed by atoms with Crippen LogP contribution in [0.5, 0.6) is 0 Å². The summed E-state index contributed by atoms with van der Waals surface area (Å²) in [6, 6.07) is 4.96. The van der Waals surface area contributed by atoms with E-state index in [0.29, 0.717) is 12.0 Å². The molecule has 2 nitrogen and oxygen atoms in total. The topological polar surface area (TPSA) is 24.9 Å². The first-order valence-electron chi connectivity index (χ1n) is 9.04. The molecule has 0 saturated heterocycles. The van der Waals surface area contributed by atoms with Gasteiger partial charge in [-0.25, -0.2) is 0 Å². The van der Waals surface area contributed by atoms with Gasteiger partial charge in [-0.1, -0.05) is 58.4 Å². The summed E-state index contributed by atoms with van der Waals surface area (Å²) in [6.07, 6.45) is 14.1. The van der Waals surface area contributed by atoms with E-state index in [1.807, 2.05) is 6.20 Å². The Hall–Kier alpha value is -0.890. The fourth-order valence-corrected chi connectivity index (χ4v) is 3.69. The molecule has 0 aliphatic heterocycles. The normalized spacial score (nSPS) is 18.7. The number of hydrogen-bond donors (Lipinski definition) is 1. The van der Waals surface area contributed by atoms with Crippen molar-refractivity contribution in [2.24, 2.45) is 0 Å². The van der Waals surface area contributed by atoms with Crippen molar-refractivity contribution in [3.8, 4) is 0 Å². The Balaban J connectivity index is 1.82. The van der Waals surface area contributed by atoms with Gasteiger partial charge in [0, 0.05) is 23.9 Å². The van der Waals surface area contributed by atoms with Crippen LogP contribution >= 0.6 is 0 Å². The van der Waals surface area contributed by atoms with Gasteiger partial charge in [0.2, 0.25) is 0 Å². The van der Waals surface area contributed by atoms with E-state index >= 15 is 0 Å². The highest BCUT2D eigenvalue weighted by molar-refractivity contribution is 5.29. The van der Waals surface area contributed by atoms with Crippen LogP contribution in [0.4, 0.5) is 0 Å². The lowest BCUT2D eigenvalue weighted by Crippen LogP contribution is -2.34. The minimum atomic E-state index is 0.623. The molecule has 21 heavy (non-hydrogen) atoms. The fraction of sp³-hybridized carbons (Fsp3) is 0.737. The zero-order valence-corrected chi connectivity index (χ0v) is 13.9. The molecule has 1 aromatic heterocycles. The standard InChI is InChI=1S/C19H32N2/c1-3-5-6-7-8-9-12-18(20-4-2)17-14-13-16-11-10-15-21-19(16)17/h10-11,15,17-18,20H,3-9,12-14H2,1-2H3. The van der Waals surface area contributed by atoms with Crippen molar-refractivity contribution in [1.29, 1.82) is 0 Å². The van der Waals surface area contributed by atoms with E-state index in [4.69, 9.17) is 0 Å². The number of nitrogens with one attached hydrogen (secondary N) is 1. The van der Waals surface area contributed by atoms with E-state index in [1.54, 1.807) is 0 Å². The summed E-state index contributed by atoms with van der Waals surface area (Å²) in [6.45, 7) is 5.58. The Kier molecular flexibility index (Phi) is 7.21. The molecule has 1 aliphatic rings. The molecule has 2 unspecified atom stereocenters. The lowest BCUT2D eigenvalue weighted by molar-refractivity contribution is 0.392. The van der Waals surface area contributed by atoms with Gasteiger partial charge < -0.3 is 5.32 Å². The van der Waals surface area contributed by atoms with Gasteiger partial charge in [-0.3, -0.25) is 4.98 Å². The molecule has 1 aliphatic carbocycles. The molecule has 1 aromatic rings. The third kappa shape index (κ3) is 4.81. The van der Waals surface area contributed by atoms with Crippen LogP contribution in [0.15, 0.2) is 18.3 Å². The predicted molar refractivity (Wildman–Crippen MR) is 90.8 cm³/mol. The second-order valence-electron chi connectivity index (χ2n) is 6.41. The number of aryl methyl sites for hydroxylation is 1. The van der Waals surface area contributed by atoms with Crippen LogP contribution in [0.2, 0.25) is 0 Å². The predicted octanol–water partition coefficient (Wildman–Crippen LogP) is 4.84. The van der Waals surface area contributed by atoms with E-state index in [-0.39, 0.29) is 0 Å². The number of likely N-dealkylation sites (N-methyl/N-ethyl adjacent to an activating group) is 1. The molecule has 1 heterocycles. The summed E-state index contributed by atoms with van der Waals surface area (Å²) in [5.74, 6) is 0.636. The molecule has 2 rings (SSSR count). The summed E-state index contributed by atoms with van der Waals surface area (Å²) in [7, 11) is 0. The van der Waals surface area contributed by atoms with Gasteiger partial charge in [-0.2, -0.15) is 0 Å². The minimum absolute atomic E-state index is 0.623. The summed E-state index contributed by atoms with van der Waals surface area (Å²) in [4.78, 5) is 4.67. The highest BCUT2D eigenvalue weighted by atomic mass is 14.9. The molecule has 0 amide bonds. The molecule has 0 spiro atoms. The smallest absolute Gasteiger partial charge is 0.0482 e. The monoisotopic (exact) mass is 288 g/mol. The van der Waals surface area contributed by atoms with Crippen molar-refractivity contribution >= 4 is 0 Å². The fourth-order valence-electron chi connectivity index (χ4n) is 3.69. The third-order valence-electron chi connectivity index (χ3n) is 4.82. The van der Waals surface area contributed by atoms with Gasteiger partial charge in [-0.05, 0) is 37.4 Å². The summed E-state index contributed by atoms with van der Waals surface area (Å²) >= 11 is 0. The third-order valence-corrected chi connectivity index (χ3v) is 4.82. The van der Waals surface area contributed by atoms with Crippen molar-refractivity contribution in [3.63, 3.8) is 0 Å². The summed E-state index contributed by atoms with van der Waals surface area (Å²) in [5.41, 5.74) is 2.85. The van der Waals surface area contributed by atoms with Crippen LogP contribution in [-0.2, 0) is 6.42 Å². The quantitative estimate of drug-likeness (QED) is 0.623. The molecular weight excluding hydrogens is 256 g/mol. The number of aromatic nitrogens is 1. The first-order valence-corrected chi connectivity index (χ1v) is 9.04. The Bertz CT molecular complexity index is 402. The number of nitrogens with zero attached hydrogens (tertiary/aromatic N) is 1. The maximum atomic E-state index is 4.67. The average Bonchev–Trinajstić information content (AvgIpc) is 2.93. The van der Waals surface area contributed by atoms with Crippen LogP contribution in [-0.4, -0.2) is 17.6 Å². The average molecular weight is 288 g/mol. The zero-order chi connectivity index (χ0) is 14.9. The SMILES string of the molecule is CCCCCCCCC(NCC)C1CCc2cccnc21. The van der Waals surface area contributed by atoms with Crippen LogP contribution in [0.1, 0.15) is 82.4 Å². The Morgan fingerprint density at radius 1 is 1.19 bits per heavy atom. The van der Waals surface area contributed by atoms with E-state index in [1.165, 1.54) is 69.0 Å². The minimum Gasteiger partial charge on any atom is -0.314 e. The van der Waals surface area contributed by atoms with Gasteiger partial charge in [0.15, 0.2) is 0 Å². The second kappa shape index (κ2) is 9.19. The van der Waals surface area contributed by atoms with Gasteiger partial charge in [-0.15, -0.1) is 0 Å². The maximum absolute atomic E-state index is 4.67. The zero-order valence-electron chi connectivity index (χ0n) is 13.9. The van der Waals surface area contributed by atoms with Gasteiger partial charge in [0.1, 0.15) is 0 Å². The van der Waals surface area contributed by atoms with E-state index in [9.17, 15) is 0 Å². The number of fused-ring (bicyclic) bond motifs is 1. The Morgan fingerprint density at radius 2 is 2.00 bits per heavy atom. The highest BCUT2D eigenvalue weighted by Gasteiger charge is 2.29. The van der Waals surface area contributed by atoms with Crippen LogP contribution < -0.4 is 5.32 Å². The van der Waals surface area contributed by atoms with Crippen molar-refractivity contribution in [2.75, 3.05) is 6.54 Å². The number of rotatable bonds is 10. The molecule has 0 radical (unpaired) electrons. The molecule has 2 atom stereocenters. The van der Waals surface area contributed by atoms with Gasteiger partial charge >= 0.3 is 0 Å². The Labute approximate surface area is 130 Å².